The highest BCUT2D eigenvalue weighted by Gasteiger charge is 2.47. The van der Waals surface area contributed by atoms with E-state index in [2.05, 4.69) is 17.1 Å². The zero-order chi connectivity index (χ0) is 16.4. The van der Waals surface area contributed by atoms with E-state index in [1.54, 1.807) is 0 Å². The Balaban J connectivity index is 2.10. The highest BCUT2D eigenvalue weighted by atomic mass is 16.1. The Hall–Kier alpha value is -2.42. The molecule has 0 unspecified atom stereocenters. The van der Waals surface area contributed by atoms with Crippen LogP contribution in [0.1, 0.15) is 37.8 Å². The van der Waals surface area contributed by atoms with E-state index in [1.807, 2.05) is 56.5 Å². The average molecular weight is 306 g/mol. The summed E-state index contributed by atoms with van der Waals surface area (Å²) in [5.74, 6) is -0.284. The number of fused-ring (bicyclic) bond motifs is 3. The maximum absolute atomic E-state index is 12.6. The molecular weight excluding hydrogens is 284 g/mol. The molecule has 2 aromatic rings. The first-order valence-electron chi connectivity index (χ1n) is 8.08. The van der Waals surface area contributed by atoms with E-state index in [-0.39, 0.29) is 11.9 Å². The van der Waals surface area contributed by atoms with Crippen LogP contribution >= 0.6 is 0 Å². The minimum atomic E-state index is -0.754. The van der Waals surface area contributed by atoms with Gasteiger partial charge in [-0.1, -0.05) is 48.5 Å². The highest BCUT2D eigenvalue weighted by Crippen LogP contribution is 2.50. The fourth-order valence-corrected chi connectivity index (χ4v) is 3.55. The third-order valence-electron chi connectivity index (χ3n) is 4.54. The minimum Gasteiger partial charge on any atom is -0.369 e. The SMILES string of the molecule is CC(C)/N=C/CCC1(C(N)=O)c2ccccc2-c2ccccc21. The number of hydrogen-bond donors (Lipinski definition) is 1. The molecular formula is C20H22N2O. The van der Waals surface area contributed by atoms with Crippen molar-refractivity contribution in [1.29, 1.82) is 0 Å². The second kappa shape index (κ2) is 5.99. The van der Waals surface area contributed by atoms with Gasteiger partial charge in [0.25, 0.3) is 0 Å². The van der Waals surface area contributed by atoms with E-state index in [9.17, 15) is 4.79 Å². The Morgan fingerprint density at radius 1 is 1.09 bits per heavy atom. The number of benzene rings is 2. The van der Waals surface area contributed by atoms with Crippen molar-refractivity contribution in [1.82, 2.24) is 0 Å². The molecule has 0 bridgehead atoms. The van der Waals surface area contributed by atoms with Crippen molar-refractivity contribution in [3.63, 3.8) is 0 Å². The van der Waals surface area contributed by atoms with E-state index in [0.29, 0.717) is 6.42 Å². The van der Waals surface area contributed by atoms with Gasteiger partial charge in [0.2, 0.25) is 5.91 Å². The second-order valence-corrected chi connectivity index (χ2v) is 6.32. The normalized spacial score (nSPS) is 14.9. The number of primary amides is 1. The third kappa shape index (κ3) is 2.46. The van der Waals surface area contributed by atoms with Crippen molar-refractivity contribution < 1.29 is 4.79 Å². The number of nitrogens with two attached hydrogens (primary N) is 1. The molecule has 3 nitrogen and oxygen atoms in total. The van der Waals surface area contributed by atoms with E-state index in [4.69, 9.17) is 5.73 Å². The van der Waals surface area contributed by atoms with Crippen LogP contribution < -0.4 is 5.73 Å². The number of amides is 1. The molecule has 3 rings (SSSR count). The van der Waals surface area contributed by atoms with Gasteiger partial charge in [0.1, 0.15) is 5.41 Å². The zero-order valence-electron chi connectivity index (χ0n) is 13.6. The Morgan fingerprint density at radius 3 is 2.09 bits per heavy atom. The van der Waals surface area contributed by atoms with Crippen molar-refractivity contribution in [2.24, 2.45) is 10.7 Å². The fourth-order valence-electron chi connectivity index (χ4n) is 3.55. The summed E-state index contributed by atoms with van der Waals surface area (Å²) >= 11 is 0. The molecule has 0 heterocycles. The number of carbonyl (C=O) groups excluding carboxylic acids is 1. The van der Waals surface area contributed by atoms with Gasteiger partial charge in [0.05, 0.1) is 0 Å². The van der Waals surface area contributed by atoms with Gasteiger partial charge in [-0.05, 0) is 55.2 Å². The summed E-state index contributed by atoms with van der Waals surface area (Å²) in [7, 11) is 0. The first-order chi connectivity index (χ1) is 11.1. The molecule has 1 aliphatic carbocycles. The lowest BCUT2D eigenvalue weighted by Crippen LogP contribution is -2.40. The number of nitrogens with zero attached hydrogens (tertiary/aromatic N) is 1. The largest absolute Gasteiger partial charge is 0.369 e. The summed E-state index contributed by atoms with van der Waals surface area (Å²) in [6, 6.07) is 16.4. The second-order valence-electron chi connectivity index (χ2n) is 6.32. The lowest BCUT2D eigenvalue weighted by atomic mass is 9.74. The lowest BCUT2D eigenvalue weighted by Gasteiger charge is -2.28. The van der Waals surface area contributed by atoms with Gasteiger partial charge in [-0.3, -0.25) is 9.79 Å². The van der Waals surface area contributed by atoms with Gasteiger partial charge in [0, 0.05) is 6.04 Å². The molecule has 0 saturated carbocycles. The molecule has 0 fully saturated rings. The number of carbonyl (C=O) groups is 1. The smallest absolute Gasteiger partial charge is 0.232 e. The fraction of sp³-hybridized carbons (Fsp3) is 0.300. The van der Waals surface area contributed by atoms with Crippen molar-refractivity contribution in [2.45, 2.75) is 38.1 Å². The van der Waals surface area contributed by atoms with Crippen LogP contribution in [0.3, 0.4) is 0 Å². The summed E-state index contributed by atoms with van der Waals surface area (Å²) in [6.07, 6.45) is 3.29. The van der Waals surface area contributed by atoms with Crippen LogP contribution in [0.15, 0.2) is 53.5 Å². The first kappa shape index (κ1) is 15.5. The van der Waals surface area contributed by atoms with E-state index in [1.165, 1.54) is 0 Å². The van der Waals surface area contributed by atoms with Crippen LogP contribution in [0.5, 0.6) is 0 Å². The molecule has 2 N–H and O–H groups in total. The van der Waals surface area contributed by atoms with Crippen LogP contribution in [0.4, 0.5) is 0 Å². The van der Waals surface area contributed by atoms with Crippen molar-refractivity contribution in [3.8, 4) is 11.1 Å². The summed E-state index contributed by atoms with van der Waals surface area (Å²) < 4.78 is 0. The van der Waals surface area contributed by atoms with Crippen molar-refractivity contribution in [2.75, 3.05) is 0 Å². The Morgan fingerprint density at radius 2 is 1.61 bits per heavy atom. The molecule has 0 saturated heterocycles. The van der Waals surface area contributed by atoms with Crippen LogP contribution in [0.2, 0.25) is 0 Å². The number of rotatable bonds is 5. The number of aliphatic imine (C=N–C) groups is 1. The molecule has 118 valence electrons. The maximum Gasteiger partial charge on any atom is 0.232 e. The van der Waals surface area contributed by atoms with Gasteiger partial charge in [-0.25, -0.2) is 0 Å². The van der Waals surface area contributed by atoms with Gasteiger partial charge in [-0.2, -0.15) is 0 Å². The van der Waals surface area contributed by atoms with Crippen LogP contribution in [-0.4, -0.2) is 18.2 Å². The molecule has 1 amide bonds. The van der Waals surface area contributed by atoms with Crippen LogP contribution in [-0.2, 0) is 10.2 Å². The van der Waals surface area contributed by atoms with Gasteiger partial charge in [-0.15, -0.1) is 0 Å². The summed E-state index contributed by atoms with van der Waals surface area (Å²) in [6.45, 7) is 4.08. The summed E-state index contributed by atoms with van der Waals surface area (Å²) in [4.78, 5) is 17.0. The molecule has 0 aliphatic heterocycles. The predicted molar refractivity (Wildman–Crippen MR) is 94.7 cm³/mol. The van der Waals surface area contributed by atoms with Crippen LogP contribution in [0.25, 0.3) is 11.1 Å². The van der Waals surface area contributed by atoms with Crippen molar-refractivity contribution in [3.05, 3.63) is 59.7 Å². The third-order valence-corrected chi connectivity index (χ3v) is 4.54. The van der Waals surface area contributed by atoms with E-state index >= 15 is 0 Å². The quantitative estimate of drug-likeness (QED) is 0.841. The monoisotopic (exact) mass is 306 g/mol. The molecule has 0 atom stereocenters. The molecule has 23 heavy (non-hydrogen) atoms. The minimum absolute atomic E-state index is 0.266. The predicted octanol–water partition coefficient (Wildman–Crippen LogP) is 3.70. The molecule has 0 radical (unpaired) electrons. The van der Waals surface area contributed by atoms with Crippen LogP contribution in [0, 0.1) is 0 Å². The zero-order valence-corrected chi connectivity index (χ0v) is 13.6. The Bertz CT molecular complexity index is 716. The van der Waals surface area contributed by atoms with Gasteiger partial charge < -0.3 is 5.73 Å². The standard InChI is InChI=1S/C20H22N2O/c1-14(2)22-13-7-12-20(19(21)23)17-10-5-3-8-15(17)16-9-4-6-11-18(16)20/h3-6,8-11,13-14H,7,12H2,1-2H3,(H2,21,23)/b22-13+. The van der Waals surface area contributed by atoms with Gasteiger partial charge >= 0.3 is 0 Å². The average Bonchev–Trinajstić information content (AvgIpc) is 2.83. The summed E-state index contributed by atoms with van der Waals surface area (Å²) in [5, 5.41) is 0. The summed E-state index contributed by atoms with van der Waals surface area (Å²) in [5.41, 5.74) is 9.43. The molecule has 1 aliphatic rings. The Kier molecular flexibility index (Phi) is 4.03. The molecule has 0 aromatic heterocycles. The Labute approximate surface area is 137 Å². The molecule has 3 heteroatoms. The molecule has 0 spiro atoms. The maximum atomic E-state index is 12.6. The number of hydrogen-bond acceptors (Lipinski definition) is 2. The van der Waals surface area contributed by atoms with E-state index in [0.717, 1.165) is 28.7 Å². The highest BCUT2D eigenvalue weighted by molar-refractivity contribution is 6.00. The van der Waals surface area contributed by atoms with Gasteiger partial charge in [0.15, 0.2) is 0 Å². The van der Waals surface area contributed by atoms with Crippen molar-refractivity contribution >= 4 is 12.1 Å². The van der Waals surface area contributed by atoms with E-state index < -0.39 is 5.41 Å². The first-order valence-corrected chi connectivity index (χ1v) is 8.08. The molecule has 2 aromatic carbocycles. The lowest BCUT2D eigenvalue weighted by molar-refractivity contribution is -0.122. The topological polar surface area (TPSA) is 55.4 Å².